The molecule has 4 unspecified atom stereocenters. The van der Waals surface area contributed by atoms with Crippen molar-refractivity contribution < 1.29 is 42.8 Å². The number of fused-ring (bicyclic) bond motifs is 5. The number of nitrogens with zero attached hydrogens (tertiary/aromatic N) is 7. The lowest BCUT2D eigenvalue weighted by molar-refractivity contribution is -0.161. The van der Waals surface area contributed by atoms with Gasteiger partial charge in [-0.2, -0.15) is 0 Å². The minimum atomic E-state index is -4.04. The van der Waals surface area contributed by atoms with E-state index in [4.69, 9.17) is 51.3 Å². The molecular formula is C22H25N10O10PS2. The third kappa shape index (κ3) is 5.45. The van der Waals surface area contributed by atoms with Gasteiger partial charge in [-0.1, -0.05) is 0 Å². The molecule has 45 heavy (non-hydrogen) atoms. The van der Waals surface area contributed by atoms with Gasteiger partial charge in [-0.15, -0.1) is 12.6 Å². The van der Waals surface area contributed by atoms with Gasteiger partial charge in [-0.05, 0) is 11.8 Å². The Bertz CT molecular complexity index is 1890. The Morgan fingerprint density at radius 3 is 2.56 bits per heavy atom. The number of thiol groups is 1. The van der Waals surface area contributed by atoms with E-state index in [0.29, 0.717) is 11.2 Å². The third-order valence-corrected chi connectivity index (χ3v) is 9.39. The van der Waals surface area contributed by atoms with Crippen LogP contribution in [0.25, 0.3) is 22.3 Å². The summed E-state index contributed by atoms with van der Waals surface area (Å²) in [6.45, 7) is -4.79. The number of carbonyl (C=O) groups excluding carboxylic acids is 1. The molecule has 0 aliphatic carbocycles. The van der Waals surface area contributed by atoms with Crippen molar-refractivity contribution in [1.82, 2.24) is 39.0 Å². The molecule has 9 atom stereocenters. The predicted molar refractivity (Wildman–Crippen MR) is 157 cm³/mol. The SMILES string of the molecule is Nc1ncnc2c1ncn2[C@@H]1O[C@@H]2COC(=O)C(S)O[C@H]3C(O)[C@H](n4c(=O)[nH]c5c(N)ncnc54)O[C@@H]3COP(O)(=S)OC1C2. The lowest BCUT2D eigenvalue weighted by Gasteiger charge is -2.27. The Labute approximate surface area is 261 Å². The average Bonchev–Trinajstić information content (AvgIpc) is 3.75. The number of H-pyrrole nitrogens is 1. The number of anilines is 2. The van der Waals surface area contributed by atoms with Gasteiger partial charge in [0.05, 0.1) is 19.0 Å². The molecule has 0 radical (unpaired) electrons. The summed E-state index contributed by atoms with van der Waals surface area (Å²) in [6, 6.07) is 0. The molecule has 0 aromatic carbocycles. The minimum Gasteiger partial charge on any atom is -0.460 e. The van der Waals surface area contributed by atoms with Crippen LogP contribution < -0.4 is 17.2 Å². The van der Waals surface area contributed by atoms with E-state index in [0.717, 1.165) is 10.9 Å². The normalized spacial score (nSPS) is 34.5. The average molecular weight is 685 g/mol. The fourth-order valence-corrected chi connectivity index (χ4v) is 7.12. The van der Waals surface area contributed by atoms with Crippen molar-refractivity contribution in [3.8, 4) is 0 Å². The van der Waals surface area contributed by atoms with Gasteiger partial charge >= 0.3 is 18.4 Å². The van der Waals surface area contributed by atoms with E-state index in [9.17, 15) is 19.6 Å². The molecule has 3 fully saturated rings. The van der Waals surface area contributed by atoms with E-state index in [-0.39, 0.29) is 35.8 Å². The molecule has 4 aromatic heterocycles. The maximum Gasteiger partial charge on any atom is 0.345 e. The third-order valence-electron chi connectivity index (χ3n) is 7.48. The van der Waals surface area contributed by atoms with Crippen LogP contribution in [0.2, 0.25) is 0 Å². The molecule has 20 nitrogen and oxygen atoms in total. The van der Waals surface area contributed by atoms with Crippen molar-refractivity contribution in [2.75, 3.05) is 24.7 Å². The zero-order valence-electron chi connectivity index (χ0n) is 22.7. The molecule has 0 amide bonds. The number of imidazole rings is 2. The number of cyclic esters (lactones) is 1. The molecule has 3 saturated heterocycles. The summed E-state index contributed by atoms with van der Waals surface area (Å²) in [4.78, 5) is 59.8. The Morgan fingerprint density at radius 2 is 1.76 bits per heavy atom. The molecule has 240 valence electrons. The lowest BCUT2D eigenvalue weighted by atomic mass is 10.1. The zero-order chi connectivity index (χ0) is 31.6. The highest BCUT2D eigenvalue weighted by Gasteiger charge is 2.50. The molecule has 0 saturated carbocycles. The quantitative estimate of drug-likeness (QED) is 0.0795. The lowest BCUT2D eigenvalue weighted by Crippen LogP contribution is -2.41. The number of nitrogen functional groups attached to an aromatic ring is 2. The monoisotopic (exact) mass is 684 g/mol. The first-order chi connectivity index (χ1) is 21.5. The summed E-state index contributed by atoms with van der Waals surface area (Å²) in [6.07, 6.45) is -4.16. The Hall–Kier alpha value is -3.31. The number of aliphatic hydroxyl groups is 1. The molecule has 3 aliphatic rings. The smallest absolute Gasteiger partial charge is 0.345 e. The van der Waals surface area contributed by atoms with Crippen molar-refractivity contribution in [3.05, 3.63) is 29.5 Å². The first-order valence-electron chi connectivity index (χ1n) is 13.3. The highest BCUT2D eigenvalue weighted by molar-refractivity contribution is 8.07. The van der Waals surface area contributed by atoms with E-state index in [1.807, 2.05) is 0 Å². The highest BCUT2D eigenvalue weighted by Crippen LogP contribution is 2.50. The van der Waals surface area contributed by atoms with E-state index in [2.05, 4.69) is 42.5 Å². The second kappa shape index (κ2) is 11.5. The van der Waals surface area contributed by atoms with Gasteiger partial charge in [0.25, 0.3) is 0 Å². The molecule has 2 bridgehead atoms. The van der Waals surface area contributed by atoms with Gasteiger partial charge in [0.1, 0.15) is 54.7 Å². The van der Waals surface area contributed by atoms with E-state index < -0.39 is 73.4 Å². The summed E-state index contributed by atoms with van der Waals surface area (Å²) >= 11 is 9.55. The van der Waals surface area contributed by atoms with Gasteiger partial charge in [-0.25, -0.2) is 39.1 Å². The number of hydrogen-bond acceptors (Lipinski definition) is 18. The molecule has 7 rings (SSSR count). The van der Waals surface area contributed by atoms with Gasteiger partial charge < -0.3 is 54.4 Å². The topological polar surface area (TPSA) is 272 Å². The Balaban J connectivity index is 1.19. The van der Waals surface area contributed by atoms with Crippen LogP contribution in [0.5, 0.6) is 0 Å². The van der Waals surface area contributed by atoms with Crippen molar-refractivity contribution >= 4 is 71.1 Å². The van der Waals surface area contributed by atoms with E-state index >= 15 is 0 Å². The number of carbonyl (C=O) groups is 1. The Kier molecular flexibility index (Phi) is 7.75. The van der Waals surface area contributed by atoms with Gasteiger partial charge in [0, 0.05) is 6.42 Å². The van der Waals surface area contributed by atoms with Crippen LogP contribution in [0.1, 0.15) is 18.9 Å². The summed E-state index contributed by atoms with van der Waals surface area (Å²) in [5, 5.41) is 11.3. The number of ether oxygens (including phenoxy) is 4. The number of aliphatic hydroxyl groups excluding tert-OH is 1. The second-order valence-corrected chi connectivity index (χ2v) is 13.5. The van der Waals surface area contributed by atoms with Crippen LogP contribution in [-0.2, 0) is 44.6 Å². The number of aromatic nitrogens is 8. The van der Waals surface area contributed by atoms with Crippen molar-refractivity contribution in [2.24, 2.45) is 0 Å². The van der Waals surface area contributed by atoms with Crippen LogP contribution in [0.3, 0.4) is 0 Å². The summed E-state index contributed by atoms with van der Waals surface area (Å²) < 4.78 is 37.4. The summed E-state index contributed by atoms with van der Waals surface area (Å²) in [5.74, 6) is -0.749. The van der Waals surface area contributed by atoms with E-state index in [1.54, 1.807) is 0 Å². The van der Waals surface area contributed by atoms with Crippen LogP contribution in [0.4, 0.5) is 11.6 Å². The van der Waals surface area contributed by atoms with Gasteiger partial charge in [0.15, 0.2) is 40.8 Å². The van der Waals surface area contributed by atoms with Crippen molar-refractivity contribution in [2.45, 2.75) is 54.8 Å². The second-order valence-electron chi connectivity index (χ2n) is 10.3. The van der Waals surface area contributed by atoms with Crippen LogP contribution in [0.15, 0.2) is 23.8 Å². The first kappa shape index (κ1) is 30.3. The summed E-state index contributed by atoms with van der Waals surface area (Å²) in [7, 11) is 0. The highest BCUT2D eigenvalue weighted by atomic mass is 32.5. The van der Waals surface area contributed by atoms with Crippen molar-refractivity contribution in [1.29, 1.82) is 0 Å². The van der Waals surface area contributed by atoms with Gasteiger partial charge in [-0.3, -0.25) is 4.57 Å². The number of nitrogens with one attached hydrogen (secondary N) is 1. The van der Waals surface area contributed by atoms with Crippen LogP contribution >= 0.6 is 19.3 Å². The molecular weight excluding hydrogens is 659 g/mol. The summed E-state index contributed by atoms with van der Waals surface area (Å²) in [5.41, 5.74) is 10.4. The number of hydrogen-bond donors (Lipinski definition) is 6. The number of rotatable bonds is 2. The fraction of sp³-hybridized carbons (Fsp3) is 0.500. The Morgan fingerprint density at radius 1 is 1.00 bits per heavy atom. The largest absolute Gasteiger partial charge is 0.460 e. The molecule has 7 N–H and O–H groups in total. The molecule has 4 aromatic rings. The zero-order valence-corrected chi connectivity index (χ0v) is 25.3. The number of nitrogens with two attached hydrogens (primary N) is 2. The maximum atomic E-state index is 12.9. The first-order valence-corrected chi connectivity index (χ1v) is 16.4. The minimum absolute atomic E-state index is 0.00554. The molecule has 3 aliphatic heterocycles. The van der Waals surface area contributed by atoms with Crippen LogP contribution in [-0.4, -0.2) is 104 Å². The number of aromatic amines is 1. The predicted octanol–water partition coefficient (Wildman–Crippen LogP) is -1.51. The maximum absolute atomic E-state index is 12.9. The van der Waals surface area contributed by atoms with E-state index in [1.165, 1.54) is 17.2 Å². The van der Waals surface area contributed by atoms with Crippen molar-refractivity contribution in [3.63, 3.8) is 0 Å². The fourth-order valence-electron chi connectivity index (χ4n) is 5.47. The van der Waals surface area contributed by atoms with Crippen LogP contribution in [0, 0.1) is 0 Å². The van der Waals surface area contributed by atoms with Gasteiger partial charge in [0.2, 0.25) is 0 Å². The molecule has 7 heterocycles. The number of esters is 1. The molecule has 0 spiro atoms. The standard InChI is InChI=1S/C22H25N10O10PS2/c23-14-10-16(27-4-25-14)31(6-29-10)18-8-1-7(39-18)2-37-20(34)21(44)41-13-9(3-38-43(36,45)42-8)40-19(12(13)33)32-17-11(30-22(32)35)15(24)26-5-28-17/h4-9,12-13,18-19,21,33,44H,1-3H2,(H,30,35)(H,36,45)(H2,23,25,27)(H2,24,26,28)/t7-,8?,9+,12?,13+,18+,19+,21?,43?/m0/s1. The molecule has 23 heteroatoms.